The average molecular weight is 290 g/mol. The Morgan fingerprint density at radius 3 is 2.45 bits per heavy atom. The molecule has 2 nitrogen and oxygen atoms in total. The van der Waals surface area contributed by atoms with Crippen molar-refractivity contribution in [3.8, 4) is 0 Å². The van der Waals surface area contributed by atoms with Gasteiger partial charge < -0.3 is 10.6 Å². The number of benzene rings is 2. The fourth-order valence-corrected chi connectivity index (χ4v) is 3.18. The van der Waals surface area contributed by atoms with Crippen LogP contribution in [0.4, 0.5) is 5.69 Å². The Bertz CT molecular complexity index is 968. The summed E-state index contributed by atoms with van der Waals surface area (Å²) in [6, 6.07) is 6.24. The number of hydrogen-bond donors (Lipinski definition) is 2. The Labute approximate surface area is 130 Å². The fourth-order valence-electron chi connectivity index (χ4n) is 3.18. The molecule has 2 aromatic rings. The van der Waals surface area contributed by atoms with E-state index < -0.39 is 0 Å². The molecule has 0 aliphatic heterocycles. The normalized spacial score (nSPS) is 13.0. The molecule has 2 N–H and O–H groups in total. The van der Waals surface area contributed by atoms with Crippen molar-refractivity contribution >= 4 is 41.8 Å². The van der Waals surface area contributed by atoms with Gasteiger partial charge in [-0.2, -0.15) is 0 Å². The zero-order chi connectivity index (χ0) is 15.7. The number of fused-ring (bicyclic) bond motifs is 2. The molecule has 0 unspecified atom stereocenters. The smallest absolute Gasteiger partial charge is 0.0957 e. The molecule has 0 radical (unpaired) electrons. The predicted octanol–water partition coefficient (Wildman–Crippen LogP) is 1.51. The van der Waals surface area contributed by atoms with Crippen molar-refractivity contribution in [3.63, 3.8) is 0 Å². The van der Waals surface area contributed by atoms with Crippen LogP contribution in [0.3, 0.4) is 0 Å². The molecule has 22 heavy (non-hydrogen) atoms. The minimum atomic E-state index is 0.799. The zero-order valence-corrected chi connectivity index (χ0v) is 13.1. The lowest BCUT2D eigenvalue weighted by Crippen LogP contribution is -2.49. The third-order valence-corrected chi connectivity index (χ3v) is 4.17. The lowest BCUT2D eigenvalue weighted by molar-refractivity contribution is 0.864. The Hall–Kier alpha value is -2.48. The molecule has 3 rings (SSSR count). The molecule has 0 aromatic heterocycles. The highest BCUT2D eigenvalue weighted by atomic mass is 15.1. The van der Waals surface area contributed by atoms with Gasteiger partial charge >= 0.3 is 0 Å². The van der Waals surface area contributed by atoms with Crippen LogP contribution >= 0.6 is 0 Å². The summed E-state index contributed by atoms with van der Waals surface area (Å²) >= 11 is 0. The third kappa shape index (κ3) is 2.31. The van der Waals surface area contributed by atoms with Gasteiger partial charge in [-0.25, -0.2) is 0 Å². The van der Waals surface area contributed by atoms with E-state index in [1.807, 2.05) is 0 Å². The van der Waals surface area contributed by atoms with Gasteiger partial charge in [-0.1, -0.05) is 44.0 Å². The summed E-state index contributed by atoms with van der Waals surface area (Å²) in [5, 5.41) is 13.5. The first-order valence-corrected chi connectivity index (χ1v) is 7.76. The van der Waals surface area contributed by atoms with E-state index in [0.29, 0.717) is 0 Å². The second-order valence-electron chi connectivity index (χ2n) is 5.63. The zero-order valence-electron chi connectivity index (χ0n) is 13.1. The molecule has 0 atom stereocenters. The van der Waals surface area contributed by atoms with E-state index in [0.717, 1.165) is 52.1 Å². The van der Waals surface area contributed by atoms with Crippen molar-refractivity contribution < 1.29 is 0 Å². The van der Waals surface area contributed by atoms with Crippen molar-refractivity contribution in [2.45, 2.75) is 19.8 Å². The van der Waals surface area contributed by atoms with E-state index in [-0.39, 0.29) is 0 Å². The molecule has 1 aliphatic carbocycles. The monoisotopic (exact) mass is 290 g/mol. The first kappa shape index (κ1) is 14.5. The first-order chi connectivity index (χ1) is 10.6. The number of anilines is 1. The van der Waals surface area contributed by atoms with E-state index in [9.17, 15) is 0 Å². The Morgan fingerprint density at radius 2 is 1.77 bits per heavy atom. The minimum Gasteiger partial charge on any atom is -0.372 e. The highest BCUT2D eigenvalue weighted by Gasteiger charge is 2.07. The molecular formula is C20H22N2. The standard InChI is InChI=1S/C20H22N2/c1-5-21-15(4)22-19-12-8-11-18-13(2)16-9-6-7-10-17(16)14(3)20(18)19/h8-12,21-22H,2-7H2,1H3. The third-order valence-electron chi connectivity index (χ3n) is 4.17. The Kier molecular flexibility index (Phi) is 3.76. The minimum absolute atomic E-state index is 0.799. The number of hydrogen-bond acceptors (Lipinski definition) is 2. The molecule has 0 bridgehead atoms. The largest absolute Gasteiger partial charge is 0.372 e. The maximum Gasteiger partial charge on any atom is 0.0957 e. The van der Waals surface area contributed by atoms with Crippen LogP contribution < -0.4 is 31.5 Å². The maximum absolute atomic E-state index is 4.35. The molecule has 2 heteroatoms. The highest BCUT2D eigenvalue weighted by molar-refractivity contribution is 5.95. The van der Waals surface area contributed by atoms with Gasteiger partial charge in [-0.15, -0.1) is 0 Å². The van der Waals surface area contributed by atoms with Crippen LogP contribution in [0.5, 0.6) is 0 Å². The van der Waals surface area contributed by atoms with Gasteiger partial charge in [0.2, 0.25) is 0 Å². The van der Waals surface area contributed by atoms with Crippen LogP contribution in [-0.4, -0.2) is 6.54 Å². The van der Waals surface area contributed by atoms with Gasteiger partial charge in [-0.05, 0) is 52.1 Å². The second-order valence-corrected chi connectivity index (χ2v) is 5.63. The molecule has 0 spiro atoms. The van der Waals surface area contributed by atoms with Gasteiger partial charge in [0.1, 0.15) is 0 Å². The van der Waals surface area contributed by atoms with Crippen molar-refractivity contribution in [2.24, 2.45) is 0 Å². The Morgan fingerprint density at radius 1 is 1.09 bits per heavy atom. The summed E-state index contributed by atoms with van der Waals surface area (Å²) in [4.78, 5) is 0. The quantitative estimate of drug-likeness (QED) is 0.892. The van der Waals surface area contributed by atoms with E-state index >= 15 is 0 Å². The van der Waals surface area contributed by atoms with E-state index in [2.05, 4.69) is 67.6 Å². The van der Waals surface area contributed by atoms with Crippen molar-refractivity contribution in [1.29, 1.82) is 0 Å². The predicted molar refractivity (Wildman–Crippen MR) is 98.1 cm³/mol. The van der Waals surface area contributed by atoms with Gasteiger partial charge in [0, 0.05) is 17.6 Å². The van der Waals surface area contributed by atoms with E-state index in [1.165, 1.54) is 10.4 Å². The molecule has 2 aromatic carbocycles. The van der Waals surface area contributed by atoms with Crippen LogP contribution in [0.1, 0.15) is 19.8 Å². The molecule has 0 saturated heterocycles. The maximum atomic E-state index is 4.35. The van der Waals surface area contributed by atoms with Crippen molar-refractivity contribution in [2.75, 3.05) is 11.9 Å². The summed E-state index contributed by atoms with van der Waals surface area (Å²) < 4.78 is 0. The fraction of sp³-hybridized carbons (Fsp3) is 0.200. The second kappa shape index (κ2) is 5.72. The number of nitrogens with one attached hydrogen (secondary N) is 2. The summed E-state index contributed by atoms with van der Waals surface area (Å²) in [7, 11) is 0. The molecule has 0 amide bonds. The number of rotatable bonds is 4. The summed E-state index contributed by atoms with van der Waals surface area (Å²) in [6.07, 6.45) is 6.71. The molecule has 0 fully saturated rings. The SMILES string of the molecule is C=C(NCC)Nc1cccc2c(=C)c3c(c(=C)c12)=CCCC=3. The lowest BCUT2D eigenvalue weighted by Gasteiger charge is -2.15. The summed E-state index contributed by atoms with van der Waals surface area (Å²) in [5.41, 5.74) is 1.03. The van der Waals surface area contributed by atoms with Crippen molar-refractivity contribution in [1.82, 2.24) is 5.32 Å². The van der Waals surface area contributed by atoms with Crippen molar-refractivity contribution in [3.05, 3.63) is 51.5 Å². The first-order valence-electron chi connectivity index (χ1n) is 7.76. The lowest BCUT2D eigenvalue weighted by atomic mass is 9.97. The van der Waals surface area contributed by atoms with Gasteiger partial charge in [0.05, 0.1) is 5.82 Å². The average Bonchev–Trinajstić information content (AvgIpc) is 2.53. The highest BCUT2D eigenvalue weighted by Crippen LogP contribution is 2.17. The van der Waals surface area contributed by atoms with Crippen LogP contribution in [-0.2, 0) is 0 Å². The summed E-state index contributed by atoms with van der Waals surface area (Å²) in [5.74, 6) is 0.799. The summed E-state index contributed by atoms with van der Waals surface area (Å²) in [6.45, 7) is 15.6. The molecule has 0 saturated carbocycles. The van der Waals surface area contributed by atoms with Crippen LogP contribution in [0, 0.1) is 0 Å². The van der Waals surface area contributed by atoms with Gasteiger partial charge in [0.25, 0.3) is 0 Å². The van der Waals surface area contributed by atoms with Gasteiger partial charge in [-0.3, -0.25) is 0 Å². The van der Waals surface area contributed by atoms with E-state index in [4.69, 9.17) is 0 Å². The van der Waals surface area contributed by atoms with Crippen LogP contribution in [0.25, 0.3) is 36.1 Å². The topological polar surface area (TPSA) is 24.1 Å². The molecular weight excluding hydrogens is 268 g/mol. The molecule has 112 valence electrons. The van der Waals surface area contributed by atoms with Crippen LogP contribution in [0.15, 0.2) is 30.6 Å². The Balaban J connectivity index is 2.35. The van der Waals surface area contributed by atoms with E-state index in [1.54, 1.807) is 0 Å². The van der Waals surface area contributed by atoms with Crippen LogP contribution in [0.2, 0.25) is 0 Å². The van der Waals surface area contributed by atoms with Gasteiger partial charge in [0.15, 0.2) is 0 Å². The molecule has 0 heterocycles. The molecule has 1 aliphatic rings.